The highest BCUT2D eigenvalue weighted by Crippen LogP contribution is 2.35. The summed E-state index contributed by atoms with van der Waals surface area (Å²) in [5.41, 5.74) is 8.32. The van der Waals surface area contributed by atoms with E-state index in [-0.39, 0.29) is 0 Å². The van der Waals surface area contributed by atoms with Gasteiger partial charge in [0.25, 0.3) is 0 Å². The minimum atomic E-state index is 0.300. The molecule has 1 aliphatic carbocycles. The van der Waals surface area contributed by atoms with E-state index >= 15 is 0 Å². The minimum absolute atomic E-state index is 0.300. The molecule has 1 aromatic carbocycles. The van der Waals surface area contributed by atoms with Crippen LogP contribution in [0, 0.1) is 0 Å². The van der Waals surface area contributed by atoms with Crippen molar-refractivity contribution in [2.24, 2.45) is 5.73 Å². The van der Waals surface area contributed by atoms with Crippen molar-refractivity contribution in [1.29, 1.82) is 0 Å². The maximum atomic E-state index is 6.73. The van der Waals surface area contributed by atoms with E-state index in [1.807, 2.05) is 37.4 Å². The van der Waals surface area contributed by atoms with Crippen LogP contribution < -0.4 is 21.1 Å². The molecule has 4 rings (SSSR count). The van der Waals surface area contributed by atoms with Gasteiger partial charge in [-0.2, -0.15) is 0 Å². The first-order chi connectivity index (χ1) is 13.6. The number of imidazole rings is 1. The van der Waals surface area contributed by atoms with Crippen molar-refractivity contribution >= 4 is 34.4 Å². The molecule has 7 nitrogen and oxygen atoms in total. The van der Waals surface area contributed by atoms with Gasteiger partial charge in [-0.1, -0.05) is 11.6 Å². The van der Waals surface area contributed by atoms with Crippen LogP contribution in [0.2, 0.25) is 5.02 Å². The lowest BCUT2D eigenvalue weighted by molar-refractivity contribution is 0.340. The summed E-state index contributed by atoms with van der Waals surface area (Å²) in [7, 11) is 0. The molecule has 0 aliphatic heterocycles. The molecule has 1 aliphatic rings. The van der Waals surface area contributed by atoms with E-state index in [9.17, 15) is 0 Å². The average Bonchev–Trinajstić information content (AvgIpc) is 3.16. The van der Waals surface area contributed by atoms with Crippen molar-refractivity contribution in [2.75, 3.05) is 17.2 Å². The molecular formula is C20H25ClN6O. The van der Waals surface area contributed by atoms with E-state index in [0.717, 1.165) is 42.8 Å². The van der Waals surface area contributed by atoms with E-state index < -0.39 is 0 Å². The van der Waals surface area contributed by atoms with Crippen LogP contribution in [0.1, 0.15) is 32.6 Å². The Morgan fingerprint density at radius 3 is 2.68 bits per heavy atom. The predicted molar refractivity (Wildman–Crippen MR) is 113 cm³/mol. The molecule has 2 aromatic heterocycles. The van der Waals surface area contributed by atoms with Gasteiger partial charge in [-0.05, 0) is 56.9 Å². The lowest BCUT2D eigenvalue weighted by Crippen LogP contribution is -2.33. The summed E-state index contributed by atoms with van der Waals surface area (Å²) in [6.07, 6.45) is 7.59. The number of hydrogen-bond acceptors (Lipinski definition) is 6. The summed E-state index contributed by atoms with van der Waals surface area (Å²) in [5, 5.41) is 12.0. The zero-order chi connectivity index (χ0) is 19.5. The molecule has 0 saturated heterocycles. The third kappa shape index (κ3) is 4.00. The second kappa shape index (κ2) is 8.24. The van der Waals surface area contributed by atoms with Gasteiger partial charge in [0.05, 0.1) is 6.61 Å². The van der Waals surface area contributed by atoms with Gasteiger partial charge in [-0.25, -0.2) is 9.50 Å². The smallest absolute Gasteiger partial charge is 0.179 e. The van der Waals surface area contributed by atoms with E-state index in [4.69, 9.17) is 22.1 Å². The Bertz CT molecular complexity index is 934. The monoisotopic (exact) mass is 400 g/mol. The van der Waals surface area contributed by atoms with Crippen LogP contribution in [0.5, 0.6) is 5.75 Å². The standard InChI is InChI=1S/C20H25ClN6O/c1-2-28-16-9-7-14(8-10-16)24-18-17(21)19(26-27-12-11-23-20(18)27)25-15-5-3-13(22)4-6-15/h7-13,15,24H,2-6,22H2,1H3,(H,25,26)/t13-,15-. The molecule has 0 amide bonds. The number of nitrogens with one attached hydrogen (secondary N) is 2. The SMILES string of the molecule is CCOc1ccc(Nc2c(Cl)c(N[C@H]3CC[C@H](N)CC3)nn3ccnc23)cc1. The molecule has 2 heterocycles. The highest BCUT2D eigenvalue weighted by molar-refractivity contribution is 6.36. The van der Waals surface area contributed by atoms with Gasteiger partial charge in [-0.3, -0.25) is 0 Å². The van der Waals surface area contributed by atoms with Gasteiger partial charge in [0.1, 0.15) is 16.5 Å². The van der Waals surface area contributed by atoms with Crippen molar-refractivity contribution in [3.05, 3.63) is 41.7 Å². The zero-order valence-corrected chi connectivity index (χ0v) is 16.6. The van der Waals surface area contributed by atoms with E-state index in [1.54, 1.807) is 10.7 Å². The largest absolute Gasteiger partial charge is 0.494 e. The Morgan fingerprint density at radius 1 is 1.21 bits per heavy atom. The maximum absolute atomic E-state index is 6.73. The number of ether oxygens (including phenoxy) is 1. The quantitative estimate of drug-likeness (QED) is 0.574. The summed E-state index contributed by atoms with van der Waals surface area (Å²) < 4.78 is 7.24. The second-order valence-electron chi connectivity index (χ2n) is 7.07. The molecule has 148 valence electrons. The maximum Gasteiger partial charge on any atom is 0.179 e. The Hall–Kier alpha value is -2.51. The zero-order valence-electron chi connectivity index (χ0n) is 15.9. The average molecular weight is 401 g/mol. The van der Waals surface area contributed by atoms with Gasteiger partial charge >= 0.3 is 0 Å². The first kappa shape index (κ1) is 18.8. The highest BCUT2D eigenvalue weighted by atomic mass is 35.5. The minimum Gasteiger partial charge on any atom is -0.494 e. The van der Waals surface area contributed by atoms with Gasteiger partial charge < -0.3 is 21.1 Å². The molecule has 1 fully saturated rings. The molecule has 0 radical (unpaired) electrons. The molecule has 3 aromatic rings. The number of benzene rings is 1. The van der Waals surface area contributed by atoms with Crippen LogP contribution >= 0.6 is 11.6 Å². The number of aromatic nitrogens is 3. The van der Waals surface area contributed by atoms with Crippen LogP contribution in [0.25, 0.3) is 5.65 Å². The molecule has 0 spiro atoms. The summed E-state index contributed by atoms with van der Waals surface area (Å²) in [6, 6.07) is 8.38. The first-order valence-corrected chi connectivity index (χ1v) is 10.1. The van der Waals surface area contributed by atoms with E-state index in [1.165, 1.54) is 0 Å². The summed E-state index contributed by atoms with van der Waals surface area (Å²) in [5.74, 6) is 1.48. The Labute approximate surface area is 169 Å². The van der Waals surface area contributed by atoms with Crippen molar-refractivity contribution in [2.45, 2.75) is 44.7 Å². The number of nitrogens with zero attached hydrogens (tertiary/aromatic N) is 3. The molecule has 28 heavy (non-hydrogen) atoms. The number of nitrogens with two attached hydrogens (primary N) is 1. The van der Waals surface area contributed by atoms with Crippen LogP contribution in [0.3, 0.4) is 0 Å². The molecule has 8 heteroatoms. The predicted octanol–water partition coefficient (Wildman–Crippen LogP) is 4.21. The molecule has 4 N–H and O–H groups in total. The molecule has 0 bridgehead atoms. The van der Waals surface area contributed by atoms with Gasteiger partial charge in [-0.15, -0.1) is 5.10 Å². The van der Waals surface area contributed by atoms with E-state index in [2.05, 4.69) is 20.7 Å². The van der Waals surface area contributed by atoms with Crippen molar-refractivity contribution in [1.82, 2.24) is 14.6 Å². The lowest BCUT2D eigenvalue weighted by Gasteiger charge is -2.27. The summed E-state index contributed by atoms with van der Waals surface area (Å²) in [6.45, 7) is 2.60. The van der Waals surface area contributed by atoms with Gasteiger partial charge in [0, 0.05) is 30.2 Å². The Morgan fingerprint density at radius 2 is 1.96 bits per heavy atom. The fourth-order valence-corrected chi connectivity index (χ4v) is 3.75. The van der Waals surface area contributed by atoms with Gasteiger partial charge in [0.2, 0.25) is 0 Å². The van der Waals surface area contributed by atoms with Crippen molar-refractivity contribution in [3.63, 3.8) is 0 Å². The van der Waals surface area contributed by atoms with Crippen LogP contribution in [-0.4, -0.2) is 33.3 Å². The Kier molecular flexibility index (Phi) is 5.54. The third-order valence-electron chi connectivity index (χ3n) is 5.03. The van der Waals surface area contributed by atoms with Gasteiger partial charge in [0.15, 0.2) is 11.5 Å². The number of halogens is 1. The Balaban J connectivity index is 1.61. The molecular weight excluding hydrogens is 376 g/mol. The summed E-state index contributed by atoms with van der Waals surface area (Å²) in [4.78, 5) is 4.41. The lowest BCUT2D eigenvalue weighted by atomic mass is 9.92. The van der Waals surface area contributed by atoms with Crippen LogP contribution in [-0.2, 0) is 0 Å². The van der Waals surface area contributed by atoms with Crippen molar-refractivity contribution < 1.29 is 4.74 Å². The first-order valence-electron chi connectivity index (χ1n) is 9.69. The molecule has 0 atom stereocenters. The highest BCUT2D eigenvalue weighted by Gasteiger charge is 2.22. The number of fused-ring (bicyclic) bond motifs is 1. The molecule has 1 saturated carbocycles. The van der Waals surface area contributed by atoms with E-state index in [0.29, 0.717) is 35.2 Å². The fourth-order valence-electron chi connectivity index (χ4n) is 3.53. The normalized spacial score (nSPS) is 19.5. The summed E-state index contributed by atoms with van der Waals surface area (Å²) >= 11 is 6.73. The van der Waals surface area contributed by atoms with Crippen molar-refractivity contribution in [3.8, 4) is 5.75 Å². The van der Waals surface area contributed by atoms with Crippen LogP contribution in [0.15, 0.2) is 36.7 Å². The third-order valence-corrected chi connectivity index (χ3v) is 5.40. The number of rotatable bonds is 6. The number of hydrogen-bond donors (Lipinski definition) is 3. The van der Waals surface area contributed by atoms with Crippen LogP contribution in [0.4, 0.5) is 17.2 Å². The topological polar surface area (TPSA) is 89.5 Å². The molecule has 0 unspecified atom stereocenters. The second-order valence-corrected chi connectivity index (χ2v) is 7.45. The fraction of sp³-hybridized carbons (Fsp3) is 0.400. The number of anilines is 3.